The Morgan fingerprint density at radius 3 is 2.67 bits per heavy atom. The van der Waals surface area contributed by atoms with Crippen molar-refractivity contribution in [2.45, 2.75) is 36.5 Å². The van der Waals surface area contributed by atoms with Crippen LogP contribution < -0.4 is 9.64 Å². The maximum Gasteiger partial charge on any atom is 0.420 e. The number of benzene rings is 2. The molecule has 4 unspecified atom stereocenters. The van der Waals surface area contributed by atoms with Gasteiger partial charge < -0.3 is 9.47 Å². The molecule has 1 amide bonds. The van der Waals surface area contributed by atoms with E-state index in [0.29, 0.717) is 5.75 Å². The van der Waals surface area contributed by atoms with E-state index < -0.39 is 23.3 Å². The number of carbonyl (C=O) groups excluding carboxylic acids is 1. The van der Waals surface area contributed by atoms with Gasteiger partial charge in [-0.3, -0.25) is 4.90 Å². The van der Waals surface area contributed by atoms with Crippen molar-refractivity contribution in [3.63, 3.8) is 0 Å². The molecule has 0 N–H and O–H groups in total. The predicted molar refractivity (Wildman–Crippen MR) is 113 cm³/mol. The minimum absolute atomic E-state index is 0.0757. The fourth-order valence-electron chi connectivity index (χ4n) is 5.40. The Morgan fingerprint density at radius 1 is 1.03 bits per heavy atom. The fraction of sp³-hybridized carbons (Fsp3) is 0.269. The number of rotatable bonds is 1. The van der Waals surface area contributed by atoms with Gasteiger partial charge in [0, 0.05) is 5.56 Å². The van der Waals surface area contributed by atoms with Crippen LogP contribution in [0, 0.1) is 29.6 Å². The van der Waals surface area contributed by atoms with Crippen LogP contribution >= 0.6 is 0 Å². The Morgan fingerprint density at radius 2 is 1.80 bits per heavy atom. The van der Waals surface area contributed by atoms with E-state index in [-0.39, 0.29) is 5.92 Å². The quantitative estimate of drug-likeness (QED) is 0.532. The summed E-state index contributed by atoms with van der Waals surface area (Å²) in [6.07, 6.45) is 5.90. The molecule has 4 heteroatoms. The van der Waals surface area contributed by atoms with E-state index in [0.717, 1.165) is 30.5 Å². The van der Waals surface area contributed by atoms with Gasteiger partial charge in [0.05, 0.1) is 11.6 Å². The van der Waals surface area contributed by atoms with E-state index in [1.54, 1.807) is 29.2 Å². The van der Waals surface area contributed by atoms with Crippen molar-refractivity contribution in [2.24, 2.45) is 5.92 Å². The number of fused-ring (bicyclic) bond motifs is 1. The van der Waals surface area contributed by atoms with Crippen LogP contribution in [-0.4, -0.2) is 17.7 Å². The molecule has 4 bridgehead atoms. The monoisotopic (exact) mass is 393 g/mol. The molecule has 146 valence electrons. The van der Waals surface area contributed by atoms with Crippen LogP contribution in [0.15, 0.2) is 66.7 Å². The van der Waals surface area contributed by atoms with Crippen molar-refractivity contribution in [3.05, 3.63) is 72.3 Å². The molecule has 1 saturated carbocycles. The highest BCUT2D eigenvalue weighted by atomic mass is 16.6. The van der Waals surface area contributed by atoms with Gasteiger partial charge >= 0.3 is 6.09 Å². The molecule has 2 aromatic carbocycles. The number of hydrogen-bond donors (Lipinski definition) is 0. The largest absolute Gasteiger partial charge is 0.420 e. The summed E-state index contributed by atoms with van der Waals surface area (Å²) in [5, 5.41) is 0. The fourth-order valence-corrected chi connectivity index (χ4v) is 5.40. The summed E-state index contributed by atoms with van der Waals surface area (Å²) >= 11 is 0. The Hall–Kier alpha value is -3.47. The average Bonchev–Trinajstić information content (AvgIpc) is 3.49. The van der Waals surface area contributed by atoms with Crippen molar-refractivity contribution >= 4 is 11.8 Å². The van der Waals surface area contributed by atoms with Gasteiger partial charge in [0.25, 0.3) is 0 Å². The van der Waals surface area contributed by atoms with Crippen LogP contribution in [0.5, 0.6) is 5.75 Å². The molecule has 0 radical (unpaired) electrons. The third-order valence-electron chi connectivity index (χ3n) is 6.60. The number of carbonyl (C=O) groups is 1. The zero-order valence-corrected chi connectivity index (χ0v) is 16.3. The lowest BCUT2D eigenvalue weighted by molar-refractivity contribution is 0.197. The molecule has 4 aliphatic rings. The Labute approximate surface area is 175 Å². The van der Waals surface area contributed by atoms with Crippen LogP contribution in [0.3, 0.4) is 0 Å². The molecule has 0 spiro atoms. The third-order valence-corrected chi connectivity index (χ3v) is 6.60. The molecular weight excluding hydrogens is 374 g/mol. The lowest BCUT2D eigenvalue weighted by Crippen LogP contribution is -2.57. The van der Waals surface area contributed by atoms with Gasteiger partial charge in [0.1, 0.15) is 23.0 Å². The summed E-state index contributed by atoms with van der Waals surface area (Å²) in [6, 6.07) is 16.7. The Kier molecular flexibility index (Phi) is 3.63. The Bertz CT molecular complexity index is 1200. The van der Waals surface area contributed by atoms with Gasteiger partial charge in [-0.25, -0.2) is 4.79 Å². The van der Waals surface area contributed by atoms with Crippen LogP contribution in [-0.2, 0) is 10.3 Å². The number of hydrogen-bond acceptors (Lipinski definition) is 3. The van der Waals surface area contributed by atoms with E-state index >= 15 is 0 Å². The molecule has 2 aromatic rings. The van der Waals surface area contributed by atoms with Crippen LogP contribution in [0.2, 0.25) is 0 Å². The molecular formula is C26H19NO3. The van der Waals surface area contributed by atoms with E-state index in [1.165, 1.54) is 0 Å². The minimum Gasteiger partial charge on any atom is -0.410 e. The first-order chi connectivity index (χ1) is 14.8. The molecule has 2 heterocycles. The van der Waals surface area contributed by atoms with Crippen molar-refractivity contribution in [1.29, 1.82) is 0 Å². The van der Waals surface area contributed by atoms with Crippen LogP contribution in [0.1, 0.15) is 24.8 Å². The highest BCUT2D eigenvalue weighted by molar-refractivity contribution is 5.94. The third kappa shape index (κ3) is 2.20. The number of nitrogens with zero attached hydrogens (tertiary/aromatic N) is 1. The second-order valence-corrected chi connectivity index (χ2v) is 8.05. The maximum atomic E-state index is 13.4. The summed E-state index contributed by atoms with van der Waals surface area (Å²) in [5.74, 6) is 13.5. The summed E-state index contributed by atoms with van der Waals surface area (Å²) < 4.78 is 12.4. The first-order valence-corrected chi connectivity index (χ1v) is 10.3. The molecule has 4 nitrogen and oxygen atoms in total. The van der Waals surface area contributed by atoms with Crippen molar-refractivity contribution in [2.75, 3.05) is 4.90 Å². The highest BCUT2D eigenvalue weighted by Crippen LogP contribution is 2.72. The molecule has 2 aliphatic carbocycles. The zero-order valence-electron chi connectivity index (χ0n) is 16.3. The lowest BCUT2D eigenvalue weighted by Gasteiger charge is -2.43. The molecule has 2 aliphatic heterocycles. The molecule has 30 heavy (non-hydrogen) atoms. The van der Waals surface area contributed by atoms with Gasteiger partial charge in [-0.05, 0) is 49.6 Å². The molecule has 2 fully saturated rings. The number of ether oxygens (including phenoxy) is 2. The minimum atomic E-state index is -0.549. The molecule has 6 rings (SSSR count). The van der Waals surface area contributed by atoms with Gasteiger partial charge in [-0.15, -0.1) is 0 Å². The Balaban J connectivity index is 1.54. The molecule has 0 aromatic heterocycles. The van der Waals surface area contributed by atoms with E-state index in [9.17, 15) is 4.79 Å². The first-order valence-electron chi connectivity index (χ1n) is 10.3. The number of allylic oxidation sites excluding steroid dienone is 2. The summed E-state index contributed by atoms with van der Waals surface area (Å²) in [5.41, 5.74) is 0.746. The summed E-state index contributed by atoms with van der Waals surface area (Å²) in [7, 11) is 0. The maximum absolute atomic E-state index is 13.4. The second-order valence-electron chi connectivity index (χ2n) is 8.05. The SMILES string of the molecule is O=C(Oc1ccccc1)N1c2ccccc2C23OC24CCCC3C#CC=CC#CC14. The number of anilines is 1. The summed E-state index contributed by atoms with van der Waals surface area (Å²) in [4.78, 5) is 15.1. The van der Waals surface area contributed by atoms with Gasteiger partial charge in [-0.2, -0.15) is 0 Å². The lowest BCUT2D eigenvalue weighted by atomic mass is 9.64. The zero-order chi connectivity index (χ0) is 20.2. The van der Waals surface area contributed by atoms with Crippen molar-refractivity contribution in [1.82, 2.24) is 0 Å². The van der Waals surface area contributed by atoms with Crippen LogP contribution in [0.4, 0.5) is 10.5 Å². The van der Waals surface area contributed by atoms with E-state index in [1.807, 2.05) is 36.4 Å². The molecule has 4 atom stereocenters. The predicted octanol–water partition coefficient (Wildman–Crippen LogP) is 4.42. The molecule has 1 saturated heterocycles. The standard InChI is InChI=1S/C26H19NO3/c28-24(29-20-13-5-3-6-14-20)27-22-16-9-8-15-21(22)26-19-11-4-1-2-7-17-23(27)25(26,30-26)18-10-12-19/h1-3,5-6,8-9,13-16,19,23H,10,12,18H2. The normalized spacial score (nSPS) is 31.7. The van der Waals surface area contributed by atoms with Crippen molar-refractivity contribution < 1.29 is 14.3 Å². The summed E-state index contributed by atoms with van der Waals surface area (Å²) in [6.45, 7) is 0. The van der Waals surface area contributed by atoms with Gasteiger partial charge in [0.2, 0.25) is 0 Å². The van der Waals surface area contributed by atoms with Crippen LogP contribution in [0.25, 0.3) is 0 Å². The van der Waals surface area contributed by atoms with Gasteiger partial charge in [0.15, 0.2) is 0 Å². The number of amides is 1. The smallest absolute Gasteiger partial charge is 0.410 e. The van der Waals surface area contributed by atoms with E-state index in [4.69, 9.17) is 9.47 Å². The van der Waals surface area contributed by atoms with Gasteiger partial charge in [-0.1, -0.05) is 60.1 Å². The second kappa shape index (κ2) is 6.26. The topological polar surface area (TPSA) is 42.1 Å². The van der Waals surface area contributed by atoms with E-state index in [2.05, 4.69) is 29.7 Å². The average molecular weight is 393 g/mol. The number of para-hydroxylation sites is 2. The first kappa shape index (κ1) is 17.4. The van der Waals surface area contributed by atoms with Crippen molar-refractivity contribution in [3.8, 4) is 29.4 Å². The highest BCUT2D eigenvalue weighted by Gasteiger charge is 2.81. The number of epoxide rings is 1.